The lowest BCUT2D eigenvalue weighted by Gasteiger charge is -2.24. The van der Waals surface area contributed by atoms with Crippen molar-refractivity contribution in [2.24, 2.45) is 5.73 Å². The number of nitrogens with two attached hydrogens (primary N) is 1. The van der Waals surface area contributed by atoms with Crippen LogP contribution in [0.2, 0.25) is 0 Å². The van der Waals surface area contributed by atoms with E-state index in [2.05, 4.69) is 5.10 Å². The summed E-state index contributed by atoms with van der Waals surface area (Å²) in [7, 11) is 0. The second kappa shape index (κ2) is 9.35. The first-order valence-electron chi connectivity index (χ1n) is 9.03. The molecule has 0 aliphatic carbocycles. The Bertz CT molecular complexity index is 673. The van der Waals surface area contributed by atoms with Gasteiger partial charge in [-0.3, -0.25) is 9.48 Å². The summed E-state index contributed by atoms with van der Waals surface area (Å²) < 4.78 is 13.2. The van der Waals surface area contributed by atoms with E-state index in [0.717, 1.165) is 24.3 Å². The molecule has 3 rings (SSSR count). The fourth-order valence-corrected chi connectivity index (χ4v) is 3.02. The number of rotatable bonds is 7. The number of carbonyl (C=O) groups is 1. The maximum atomic E-state index is 12.7. The average molecular weight is 358 g/mol. The summed E-state index contributed by atoms with van der Waals surface area (Å²) in [5, 5.41) is 4.22. The van der Waals surface area contributed by atoms with Crippen molar-refractivity contribution in [1.29, 1.82) is 0 Å². The van der Waals surface area contributed by atoms with E-state index in [1.807, 2.05) is 46.1 Å². The summed E-state index contributed by atoms with van der Waals surface area (Å²) in [6.07, 6.45) is 4.86. The first-order chi connectivity index (χ1) is 12.7. The van der Waals surface area contributed by atoms with Gasteiger partial charge in [-0.15, -0.1) is 0 Å². The second-order valence-corrected chi connectivity index (χ2v) is 6.37. The lowest BCUT2D eigenvalue weighted by molar-refractivity contribution is -0.131. The number of ether oxygens (including phenoxy) is 2. The predicted octanol–water partition coefficient (Wildman–Crippen LogP) is 1.08. The average Bonchev–Trinajstić information content (AvgIpc) is 3.05. The third-order valence-corrected chi connectivity index (χ3v) is 4.32. The Morgan fingerprint density at radius 1 is 1.35 bits per heavy atom. The molecule has 26 heavy (non-hydrogen) atoms. The van der Waals surface area contributed by atoms with Crippen molar-refractivity contribution >= 4 is 5.91 Å². The van der Waals surface area contributed by atoms with E-state index in [0.29, 0.717) is 39.3 Å². The minimum Gasteiger partial charge on any atom is -0.492 e. The lowest BCUT2D eigenvalue weighted by Crippen LogP contribution is -2.39. The van der Waals surface area contributed by atoms with Gasteiger partial charge in [0, 0.05) is 38.6 Å². The molecule has 0 saturated carbocycles. The van der Waals surface area contributed by atoms with E-state index in [9.17, 15) is 4.79 Å². The fourth-order valence-electron chi connectivity index (χ4n) is 3.02. The maximum absolute atomic E-state index is 12.7. The van der Waals surface area contributed by atoms with Crippen LogP contribution in [-0.4, -0.2) is 59.5 Å². The van der Waals surface area contributed by atoms with Crippen LogP contribution in [0.25, 0.3) is 0 Å². The van der Waals surface area contributed by atoms with Crippen molar-refractivity contribution in [3.63, 3.8) is 0 Å². The zero-order chi connectivity index (χ0) is 18.2. The van der Waals surface area contributed by atoms with Crippen LogP contribution >= 0.6 is 0 Å². The molecule has 2 aromatic rings. The number of hydrogen-bond donors (Lipinski definition) is 1. The van der Waals surface area contributed by atoms with Gasteiger partial charge in [-0.2, -0.15) is 5.10 Å². The first kappa shape index (κ1) is 18.4. The van der Waals surface area contributed by atoms with Gasteiger partial charge in [-0.05, 0) is 30.2 Å². The zero-order valence-electron chi connectivity index (χ0n) is 14.9. The molecule has 1 unspecified atom stereocenters. The Hall–Kier alpha value is -2.38. The first-order valence-corrected chi connectivity index (χ1v) is 9.03. The Kier molecular flexibility index (Phi) is 6.62. The minimum absolute atomic E-state index is 0.0339. The van der Waals surface area contributed by atoms with Crippen LogP contribution in [0.3, 0.4) is 0 Å². The number of benzene rings is 1. The van der Waals surface area contributed by atoms with Gasteiger partial charge < -0.3 is 20.1 Å². The van der Waals surface area contributed by atoms with Gasteiger partial charge in [0.05, 0.1) is 19.1 Å². The van der Waals surface area contributed by atoms with Gasteiger partial charge >= 0.3 is 0 Å². The maximum Gasteiger partial charge on any atom is 0.227 e. The van der Waals surface area contributed by atoms with Gasteiger partial charge in [0.2, 0.25) is 5.91 Å². The fraction of sp³-hybridized carbons (Fsp3) is 0.474. The van der Waals surface area contributed by atoms with Crippen molar-refractivity contribution in [3.05, 3.63) is 48.3 Å². The normalized spacial score (nSPS) is 17.7. The highest BCUT2D eigenvalue weighted by Crippen LogP contribution is 2.15. The molecule has 2 N–H and O–H groups in total. The molecule has 7 nitrogen and oxygen atoms in total. The third-order valence-electron chi connectivity index (χ3n) is 4.32. The molecule has 1 saturated heterocycles. The highest BCUT2D eigenvalue weighted by molar-refractivity contribution is 5.78. The molecule has 140 valence electrons. The molecular weight excluding hydrogens is 332 g/mol. The zero-order valence-corrected chi connectivity index (χ0v) is 14.9. The quantitative estimate of drug-likeness (QED) is 0.801. The topological polar surface area (TPSA) is 82.6 Å². The van der Waals surface area contributed by atoms with Gasteiger partial charge in [-0.25, -0.2) is 0 Å². The van der Waals surface area contributed by atoms with Crippen LogP contribution in [0.1, 0.15) is 12.0 Å². The summed E-state index contributed by atoms with van der Waals surface area (Å²) in [5.41, 5.74) is 6.41. The lowest BCUT2D eigenvalue weighted by atomic mass is 10.1. The summed E-state index contributed by atoms with van der Waals surface area (Å²) >= 11 is 0. The molecule has 1 atom stereocenters. The van der Waals surface area contributed by atoms with E-state index in [4.69, 9.17) is 15.2 Å². The van der Waals surface area contributed by atoms with Crippen LogP contribution < -0.4 is 10.5 Å². The number of aromatic nitrogens is 2. The van der Waals surface area contributed by atoms with Crippen molar-refractivity contribution in [2.45, 2.75) is 25.5 Å². The van der Waals surface area contributed by atoms with Gasteiger partial charge in [-0.1, -0.05) is 12.1 Å². The molecule has 1 aliphatic heterocycles. The molecule has 0 spiro atoms. The molecule has 1 amide bonds. The van der Waals surface area contributed by atoms with Crippen molar-refractivity contribution in [3.8, 4) is 5.75 Å². The predicted molar refractivity (Wildman–Crippen MR) is 97.9 cm³/mol. The SMILES string of the molecule is NCCOc1ccc(CC(=O)N2CCCOC(Cn3cccn3)C2)cc1. The van der Waals surface area contributed by atoms with Crippen LogP contribution in [0.15, 0.2) is 42.7 Å². The Morgan fingerprint density at radius 3 is 2.92 bits per heavy atom. The molecule has 1 aromatic heterocycles. The van der Waals surface area contributed by atoms with E-state index in [1.165, 1.54) is 0 Å². The van der Waals surface area contributed by atoms with Crippen molar-refractivity contribution in [1.82, 2.24) is 14.7 Å². The van der Waals surface area contributed by atoms with Crippen LogP contribution in [0.4, 0.5) is 0 Å². The molecule has 1 aliphatic rings. The molecule has 0 bridgehead atoms. The summed E-state index contributed by atoms with van der Waals surface area (Å²) in [6.45, 7) is 3.62. The van der Waals surface area contributed by atoms with Gasteiger partial charge in [0.25, 0.3) is 0 Å². The Morgan fingerprint density at radius 2 is 2.19 bits per heavy atom. The summed E-state index contributed by atoms with van der Waals surface area (Å²) in [4.78, 5) is 14.6. The highest BCUT2D eigenvalue weighted by Gasteiger charge is 2.23. The molecule has 2 heterocycles. The van der Waals surface area contributed by atoms with Gasteiger partial charge in [0.1, 0.15) is 12.4 Å². The summed E-state index contributed by atoms with van der Waals surface area (Å²) in [5.74, 6) is 0.894. The Balaban J connectivity index is 1.55. The highest BCUT2D eigenvalue weighted by atomic mass is 16.5. The number of hydrogen-bond acceptors (Lipinski definition) is 5. The smallest absolute Gasteiger partial charge is 0.227 e. The van der Waals surface area contributed by atoms with Crippen molar-refractivity contribution < 1.29 is 14.3 Å². The van der Waals surface area contributed by atoms with E-state index >= 15 is 0 Å². The molecule has 1 aromatic carbocycles. The van der Waals surface area contributed by atoms with Crippen LogP contribution in [0.5, 0.6) is 5.75 Å². The van der Waals surface area contributed by atoms with Crippen LogP contribution in [0, 0.1) is 0 Å². The molecule has 7 heteroatoms. The van der Waals surface area contributed by atoms with Crippen molar-refractivity contribution in [2.75, 3.05) is 32.8 Å². The van der Waals surface area contributed by atoms with Crippen LogP contribution in [-0.2, 0) is 22.5 Å². The molecule has 1 fully saturated rings. The molecule has 0 radical (unpaired) electrons. The number of nitrogens with zero attached hydrogens (tertiary/aromatic N) is 3. The standard InChI is InChI=1S/C19H26N4O3/c20-7-12-26-17-5-3-16(4-6-17)13-19(24)22-9-2-11-25-18(14-22)15-23-10-1-8-21-23/h1,3-6,8,10,18H,2,7,9,11-15,20H2. The monoisotopic (exact) mass is 358 g/mol. The Labute approximate surface area is 153 Å². The number of amides is 1. The van der Waals surface area contributed by atoms with E-state index < -0.39 is 0 Å². The van der Waals surface area contributed by atoms with E-state index in [1.54, 1.807) is 6.20 Å². The summed E-state index contributed by atoms with van der Waals surface area (Å²) in [6, 6.07) is 9.51. The second-order valence-electron chi connectivity index (χ2n) is 6.37. The number of carbonyl (C=O) groups excluding carboxylic acids is 1. The third kappa shape index (κ3) is 5.31. The molecular formula is C19H26N4O3. The largest absolute Gasteiger partial charge is 0.492 e. The van der Waals surface area contributed by atoms with E-state index in [-0.39, 0.29) is 12.0 Å². The van der Waals surface area contributed by atoms with Gasteiger partial charge in [0.15, 0.2) is 0 Å². The minimum atomic E-state index is -0.0339.